The zero-order valence-electron chi connectivity index (χ0n) is 31.3. The summed E-state index contributed by atoms with van der Waals surface area (Å²) in [4.78, 5) is 18.1. The van der Waals surface area contributed by atoms with Gasteiger partial charge in [0.05, 0.1) is 27.9 Å². The number of benzene rings is 4. The summed E-state index contributed by atoms with van der Waals surface area (Å²) in [6, 6.07) is 20.4. The predicted molar refractivity (Wildman–Crippen MR) is 201 cm³/mol. The Morgan fingerprint density at radius 1 is 0.750 bits per heavy atom. The zero-order chi connectivity index (χ0) is 36.4. The molecule has 2 atom stereocenters. The first kappa shape index (κ1) is 35.7. The van der Waals surface area contributed by atoms with Crippen LogP contribution in [0.5, 0.6) is 40.2 Å². The standard InChI is InChI=1S/C43H50N2O7/c1-7-8-9-20-50-43(46)32-15-12-28-22-34-33-26-38(37(47-4)24-29(33)16-18-44(34)2)52-42-40-30(25-39(48-5)41(42)49-6)17-19-45(3)35(40)21-27-10-13-31(14-11-27)51-36(32)23-28/h10-15,23-26,34-35H,7-9,16-22H2,1-6H3/t34-,35+/m1/s1. The quantitative estimate of drug-likeness (QED) is 0.132. The third-order valence-corrected chi connectivity index (χ3v) is 10.9. The molecule has 0 unspecified atom stereocenters. The average molecular weight is 707 g/mol. The second kappa shape index (κ2) is 15.5. The van der Waals surface area contributed by atoms with Crippen LogP contribution in [0.3, 0.4) is 0 Å². The Morgan fingerprint density at radius 3 is 2.17 bits per heavy atom. The van der Waals surface area contributed by atoms with Crippen LogP contribution in [0.15, 0.2) is 60.7 Å². The molecule has 0 aliphatic carbocycles. The van der Waals surface area contributed by atoms with E-state index in [0.717, 1.165) is 68.3 Å². The number of ether oxygens (including phenoxy) is 6. The highest BCUT2D eigenvalue weighted by molar-refractivity contribution is 5.92. The van der Waals surface area contributed by atoms with E-state index in [1.54, 1.807) is 21.3 Å². The summed E-state index contributed by atoms with van der Waals surface area (Å²) in [6.07, 6.45) is 6.07. The minimum atomic E-state index is -0.368. The second-order valence-electron chi connectivity index (χ2n) is 14.1. The van der Waals surface area contributed by atoms with Crippen molar-refractivity contribution in [3.8, 4) is 40.2 Å². The van der Waals surface area contributed by atoms with Gasteiger partial charge in [0.25, 0.3) is 0 Å². The summed E-state index contributed by atoms with van der Waals surface area (Å²) >= 11 is 0. The Bertz CT molecular complexity index is 1920. The fourth-order valence-electron chi connectivity index (χ4n) is 7.89. The summed E-state index contributed by atoms with van der Waals surface area (Å²) in [5.41, 5.74) is 7.27. The van der Waals surface area contributed by atoms with E-state index in [9.17, 15) is 4.79 Å². The highest BCUT2D eigenvalue weighted by atomic mass is 16.5. The fraction of sp³-hybridized carbons (Fsp3) is 0.419. The summed E-state index contributed by atoms with van der Waals surface area (Å²) in [6.45, 7) is 4.30. The number of hydrogen-bond acceptors (Lipinski definition) is 9. The Hall–Kier alpha value is -4.73. The monoisotopic (exact) mass is 706 g/mol. The van der Waals surface area contributed by atoms with Crippen LogP contribution >= 0.6 is 0 Å². The number of carbonyl (C=O) groups is 1. The van der Waals surface area contributed by atoms with Crippen molar-refractivity contribution in [2.75, 3.05) is 55.1 Å². The molecule has 52 heavy (non-hydrogen) atoms. The van der Waals surface area contributed by atoms with Crippen LogP contribution in [-0.4, -0.2) is 70.9 Å². The molecule has 0 fully saturated rings. The van der Waals surface area contributed by atoms with Crippen molar-refractivity contribution < 1.29 is 33.2 Å². The van der Waals surface area contributed by atoms with E-state index in [1.165, 1.54) is 16.7 Å². The van der Waals surface area contributed by atoms with E-state index in [-0.39, 0.29) is 18.1 Å². The van der Waals surface area contributed by atoms with Crippen LogP contribution in [0.4, 0.5) is 0 Å². The van der Waals surface area contributed by atoms with Crippen LogP contribution in [0.25, 0.3) is 0 Å². The Morgan fingerprint density at radius 2 is 1.44 bits per heavy atom. The molecule has 0 N–H and O–H groups in total. The zero-order valence-corrected chi connectivity index (χ0v) is 31.3. The highest BCUT2D eigenvalue weighted by Crippen LogP contribution is 2.51. The molecule has 6 bridgehead atoms. The van der Waals surface area contributed by atoms with Gasteiger partial charge in [-0.2, -0.15) is 0 Å². The van der Waals surface area contributed by atoms with Crippen LogP contribution in [0.2, 0.25) is 0 Å². The third kappa shape index (κ3) is 7.04. The summed E-state index contributed by atoms with van der Waals surface area (Å²) in [5.74, 6) is 3.93. The number of methoxy groups -OCH3 is 3. The van der Waals surface area contributed by atoms with Gasteiger partial charge in [-0.25, -0.2) is 4.79 Å². The van der Waals surface area contributed by atoms with Crippen LogP contribution in [-0.2, 0) is 30.4 Å². The van der Waals surface area contributed by atoms with Crippen molar-refractivity contribution in [1.82, 2.24) is 9.80 Å². The smallest absolute Gasteiger partial charge is 0.341 e. The topological polar surface area (TPSA) is 78.9 Å². The lowest BCUT2D eigenvalue weighted by atomic mass is 9.87. The Labute approximate surface area is 307 Å². The maximum atomic E-state index is 13.4. The van der Waals surface area contributed by atoms with E-state index in [0.29, 0.717) is 58.8 Å². The molecule has 0 radical (unpaired) electrons. The molecule has 9 nitrogen and oxygen atoms in total. The van der Waals surface area contributed by atoms with E-state index in [4.69, 9.17) is 28.4 Å². The number of rotatable bonds is 8. The van der Waals surface area contributed by atoms with Crippen molar-refractivity contribution in [3.63, 3.8) is 0 Å². The van der Waals surface area contributed by atoms with Crippen LogP contribution in [0.1, 0.15) is 82.0 Å². The molecule has 4 aliphatic rings. The van der Waals surface area contributed by atoms with Crippen LogP contribution < -0.4 is 23.7 Å². The third-order valence-electron chi connectivity index (χ3n) is 10.9. The summed E-state index contributed by atoms with van der Waals surface area (Å²) in [7, 11) is 9.34. The predicted octanol–water partition coefficient (Wildman–Crippen LogP) is 8.50. The molecular formula is C43H50N2O7. The van der Waals surface area contributed by atoms with Gasteiger partial charge in [-0.1, -0.05) is 38.0 Å². The number of likely N-dealkylation sites (N-methyl/N-ethyl adjacent to an activating group) is 2. The Kier molecular flexibility index (Phi) is 10.6. The molecule has 0 saturated carbocycles. The number of hydrogen-bond donors (Lipinski definition) is 0. The molecule has 0 spiro atoms. The van der Waals surface area contributed by atoms with Crippen molar-refractivity contribution in [3.05, 3.63) is 99.6 Å². The van der Waals surface area contributed by atoms with E-state index in [2.05, 4.69) is 61.2 Å². The average Bonchev–Trinajstić information content (AvgIpc) is 3.15. The van der Waals surface area contributed by atoms with Gasteiger partial charge in [0.15, 0.2) is 23.0 Å². The first-order valence-electron chi connectivity index (χ1n) is 18.5. The van der Waals surface area contributed by atoms with E-state index >= 15 is 0 Å². The molecule has 8 rings (SSSR count). The van der Waals surface area contributed by atoms with Gasteiger partial charge in [-0.3, -0.25) is 9.80 Å². The maximum Gasteiger partial charge on any atom is 0.341 e. The largest absolute Gasteiger partial charge is 0.493 e. The van der Waals surface area contributed by atoms with Crippen molar-refractivity contribution in [2.45, 2.75) is 64.0 Å². The van der Waals surface area contributed by atoms with E-state index in [1.807, 2.05) is 30.3 Å². The van der Waals surface area contributed by atoms with E-state index < -0.39 is 0 Å². The van der Waals surface area contributed by atoms with Gasteiger partial charge in [0, 0.05) is 30.7 Å². The van der Waals surface area contributed by atoms with Crippen LogP contribution in [0, 0.1) is 0 Å². The second-order valence-corrected chi connectivity index (χ2v) is 14.1. The maximum absolute atomic E-state index is 13.4. The minimum Gasteiger partial charge on any atom is -0.493 e. The molecule has 0 saturated heterocycles. The molecule has 4 heterocycles. The first-order valence-corrected chi connectivity index (χ1v) is 18.5. The lowest BCUT2D eigenvalue weighted by Crippen LogP contribution is -2.34. The molecule has 4 aliphatic heterocycles. The van der Waals surface area contributed by atoms with Gasteiger partial charge in [0.1, 0.15) is 17.1 Å². The molecular weight excluding hydrogens is 656 g/mol. The van der Waals surface area contributed by atoms with Crippen molar-refractivity contribution >= 4 is 5.97 Å². The number of nitrogens with zero attached hydrogens (tertiary/aromatic N) is 2. The number of fused-ring (bicyclic) bond motifs is 2. The van der Waals surface area contributed by atoms with Gasteiger partial charge < -0.3 is 28.4 Å². The lowest BCUT2D eigenvalue weighted by molar-refractivity contribution is 0.0495. The Balaban J connectivity index is 1.39. The number of unbranched alkanes of at least 4 members (excludes halogenated alkanes) is 2. The molecule has 4 aromatic rings. The summed E-state index contributed by atoms with van der Waals surface area (Å²) < 4.78 is 37.2. The fourth-order valence-corrected chi connectivity index (χ4v) is 7.89. The number of esters is 1. The van der Waals surface area contributed by atoms with Gasteiger partial charge in [-0.15, -0.1) is 0 Å². The molecule has 4 aromatic carbocycles. The normalized spacial score (nSPS) is 18.3. The van der Waals surface area contributed by atoms with Gasteiger partial charge >= 0.3 is 5.97 Å². The molecule has 274 valence electrons. The van der Waals surface area contributed by atoms with Crippen molar-refractivity contribution in [2.24, 2.45) is 0 Å². The molecule has 0 amide bonds. The number of carbonyl (C=O) groups excluding carboxylic acids is 1. The SMILES string of the molecule is CCCCCOC(=O)c1ccc2cc1Oc1ccc(cc1)C[C@H]1c3c(cc(OC)c(OC)c3Oc3cc4c(cc3OC)CCN(C)[C@@H]4C2)CCN1C. The highest BCUT2D eigenvalue weighted by Gasteiger charge is 2.34. The van der Waals surface area contributed by atoms with Gasteiger partial charge in [0.2, 0.25) is 5.75 Å². The lowest BCUT2D eigenvalue weighted by Gasteiger charge is -2.37. The van der Waals surface area contributed by atoms with Crippen molar-refractivity contribution in [1.29, 1.82) is 0 Å². The van der Waals surface area contributed by atoms with Gasteiger partial charge in [-0.05, 0) is 116 Å². The first-order chi connectivity index (χ1) is 25.3. The molecule has 0 aromatic heterocycles. The molecule has 9 heteroatoms. The summed E-state index contributed by atoms with van der Waals surface area (Å²) in [5, 5.41) is 0. The minimum absolute atomic E-state index is 0.00234.